The highest BCUT2D eigenvalue weighted by molar-refractivity contribution is 7.89. The first-order chi connectivity index (χ1) is 13.0. The molecular weight excluding hydrogens is 386 g/mol. The van der Waals surface area contributed by atoms with E-state index >= 15 is 0 Å². The summed E-state index contributed by atoms with van der Waals surface area (Å²) in [5.74, 6) is -0.654. The number of nitrogens with zero attached hydrogens (tertiary/aromatic N) is 1. The summed E-state index contributed by atoms with van der Waals surface area (Å²) in [5, 5.41) is 18.1. The van der Waals surface area contributed by atoms with Crippen molar-refractivity contribution < 1.29 is 27.5 Å². The van der Waals surface area contributed by atoms with Crippen molar-refractivity contribution in [1.82, 2.24) is 4.98 Å². The first-order valence-electron chi connectivity index (χ1n) is 8.14. The Balaban J connectivity index is 2.09. The van der Waals surface area contributed by atoms with Gasteiger partial charge >= 0.3 is 0 Å². The second kappa shape index (κ2) is 6.89. The SMILES string of the molecule is COc1cc(NC(=O)c2oc(S(N)(=O)=O)cc2C(C)(C)O)c2ncccc2c1. The normalized spacial score (nSPS) is 12.2. The number of nitrogens with one attached hydrogen (secondary N) is 1. The number of sulfonamides is 1. The van der Waals surface area contributed by atoms with Crippen molar-refractivity contribution in [2.75, 3.05) is 12.4 Å². The van der Waals surface area contributed by atoms with Crippen molar-refractivity contribution in [1.29, 1.82) is 0 Å². The molecule has 0 saturated carbocycles. The summed E-state index contributed by atoms with van der Waals surface area (Å²) in [6, 6.07) is 7.90. The third-order valence-electron chi connectivity index (χ3n) is 4.02. The summed E-state index contributed by atoms with van der Waals surface area (Å²) in [4.78, 5) is 17.1. The summed E-state index contributed by atoms with van der Waals surface area (Å²) < 4.78 is 33.6. The lowest BCUT2D eigenvalue weighted by molar-refractivity contribution is 0.0740. The summed E-state index contributed by atoms with van der Waals surface area (Å²) in [5.41, 5.74) is -0.738. The number of carbonyl (C=O) groups is 1. The minimum atomic E-state index is -4.21. The average Bonchev–Trinajstić information content (AvgIpc) is 3.08. The van der Waals surface area contributed by atoms with Gasteiger partial charge in [-0.05, 0) is 26.0 Å². The molecule has 0 atom stereocenters. The molecule has 2 heterocycles. The zero-order valence-electron chi connectivity index (χ0n) is 15.4. The molecule has 0 aliphatic carbocycles. The molecular formula is C18H19N3O6S. The minimum absolute atomic E-state index is 0.0193. The Labute approximate surface area is 161 Å². The van der Waals surface area contributed by atoms with Crippen LogP contribution in [0.25, 0.3) is 10.9 Å². The third-order valence-corrected chi connectivity index (χ3v) is 4.78. The van der Waals surface area contributed by atoms with Crippen LogP contribution in [0.15, 0.2) is 46.0 Å². The summed E-state index contributed by atoms with van der Waals surface area (Å²) in [6.07, 6.45) is 1.57. The lowest BCUT2D eigenvalue weighted by atomic mass is 9.98. The quantitative estimate of drug-likeness (QED) is 0.588. The number of carbonyl (C=O) groups excluding carboxylic acids is 1. The van der Waals surface area contributed by atoms with Crippen LogP contribution in [0.4, 0.5) is 5.69 Å². The molecule has 3 aromatic rings. The van der Waals surface area contributed by atoms with Gasteiger partial charge in [-0.15, -0.1) is 0 Å². The van der Waals surface area contributed by atoms with Crippen molar-refractivity contribution in [3.63, 3.8) is 0 Å². The van der Waals surface area contributed by atoms with Gasteiger partial charge in [-0.3, -0.25) is 9.78 Å². The van der Waals surface area contributed by atoms with Gasteiger partial charge in [-0.2, -0.15) is 0 Å². The molecule has 10 heteroatoms. The van der Waals surface area contributed by atoms with Crippen LogP contribution in [0.1, 0.15) is 30.0 Å². The number of hydrogen-bond acceptors (Lipinski definition) is 7. The first-order valence-corrected chi connectivity index (χ1v) is 9.69. The van der Waals surface area contributed by atoms with Gasteiger partial charge in [-0.25, -0.2) is 13.6 Å². The molecule has 148 valence electrons. The lowest BCUT2D eigenvalue weighted by Gasteiger charge is -2.17. The Hall–Kier alpha value is -2.95. The number of fused-ring (bicyclic) bond motifs is 1. The van der Waals surface area contributed by atoms with Crippen LogP contribution in [0.3, 0.4) is 0 Å². The Bertz CT molecular complexity index is 1160. The smallest absolute Gasteiger partial charge is 0.291 e. The zero-order chi connectivity index (χ0) is 20.7. The van der Waals surface area contributed by atoms with E-state index in [0.29, 0.717) is 17.0 Å². The summed E-state index contributed by atoms with van der Waals surface area (Å²) in [7, 11) is -2.72. The molecule has 3 rings (SSSR count). The van der Waals surface area contributed by atoms with E-state index in [1.807, 2.05) is 0 Å². The van der Waals surface area contributed by atoms with Gasteiger partial charge in [0, 0.05) is 29.3 Å². The van der Waals surface area contributed by atoms with Gasteiger partial charge < -0.3 is 19.6 Å². The number of primary sulfonamides is 1. The number of aliphatic hydroxyl groups is 1. The highest BCUT2D eigenvalue weighted by Crippen LogP contribution is 2.31. The minimum Gasteiger partial charge on any atom is -0.497 e. The molecule has 1 aromatic carbocycles. The van der Waals surface area contributed by atoms with E-state index in [4.69, 9.17) is 14.3 Å². The van der Waals surface area contributed by atoms with E-state index < -0.39 is 26.6 Å². The maximum absolute atomic E-state index is 12.8. The van der Waals surface area contributed by atoms with Crippen LogP contribution in [-0.2, 0) is 15.6 Å². The molecule has 1 amide bonds. The number of benzene rings is 1. The number of amides is 1. The molecule has 2 aromatic heterocycles. The molecule has 0 spiro atoms. The van der Waals surface area contributed by atoms with E-state index in [0.717, 1.165) is 11.5 Å². The summed E-state index contributed by atoms with van der Waals surface area (Å²) in [6.45, 7) is 2.79. The molecule has 4 N–H and O–H groups in total. The second-order valence-corrected chi connectivity index (χ2v) is 8.11. The maximum Gasteiger partial charge on any atom is 0.291 e. The van der Waals surface area contributed by atoms with Crippen LogP contribution in [0.2, 0.25) is 0 Å². The fraction of sp³-hybridized carbons (Fsp3) is 0.222. The molecule has 28 heavy (non-hydrogen) atoms. The van der Waals surface area contributed by atoms with Crippen molar-refractivity contribution in [3.05, 3.63) is 47.9 Å². The molecule has 0 bridgehead atoms. The van der Waals surface area contributed by atoms with E-state index in [2.05, 4.69) is 10.3 Å². The number of furan rings is 1. The Kier molecular flexibility index (Phi) is 4.88. The zero-order valence-corrected chi connectivity index (χ0v) is 16.2. The van der Waals surface area contributed by atoms with Crippen molar-refractivity contribution >= 4 is 32.5 Å². The number of rotatable bonds is 5. The molecule has 0 radical (unpaired) electrons. The lowest BCUT2D eigenvalue weighted by Crippen LogP contribution is -2.21. The maximum atomic E-state index is 12.8. The topological polar surface area (TPSA) is 145 Å². The number of aromatic nitrogens is 1. The van der Waals surface area contributed by atoms with Crippen molar-refractivity contribution in [3.8, 4) is 5.75 Å². The molecule has 0 aliphatic heterocycles. The Morgan fingerprint density at radius 1 is 1.32 bits per heavy atom. The highest BCUT2D eigenvalue weighted by atomic mass is 32.2. The van der Waals surface area contributed by atoms with E-state index in [-0.39, 0.29) is 11.3 Å². The largest absolute Gasteiger partial charge is 0.497 e. The standard InChI is InChI=1S/C18H19N3O6S/c1-18(2,23)12-9-14(28(19,24)25)27-16(12)17(22)21-13-8-11(26-3)7-10-5-4-6-20-15(10)13/h4-9,23H,1-3H3,(H,21,22)(H2,19,24,25). The monoisotopic (exact) mass is 405 g/mol. The first kappa shape index (κ1) is 19.8. The van der Waals surface area contributed by atoms with Gasteiger partial charge in [0.15, 0.2) is 5.76 Å². The van der Waals surface area contributed by atoms with Gasteiger partial charge in [0.1, 0.15) is 5.75 Å². The van der Waals surface area contributed by atoms with Crippen LogP contribution in [0.5, 0.6) is 5.75 Å². The molecule has 0 unspecified atom stereocenters. The average molecular weight is 405 g/mol. The number of pyridine rings is 1. The van der Waals surface area contributed by atoms with Crippen LogP contribution < -0.4 is 15.2 Å². The summed E-state index contributed by atoms with van der Waals surface area (Å²) >= 11 is 0. The van der Waals surface area contributed by atoms with Crippen LogP contribution >= 0.6 is 0 Å². The van der Waals surface area contributed by atoms with E-state index in [1.54, 1.807) is 30.5 Å². The number of anilines is 1. The number of hydrogen-bond donors (Lipinski definition) is 3. The molecule has 9 nitrogen and oxygen atoms in total. The predicted molar refractivity (Wildman–Crippen MR) is 102 cm³/mol. The van der Waals surface area contributed by atoms with Gasteiger partial charge in [0.25, 0.3) is 15.9 Å². The predicted octanol–water partition coefficient (Wildman–Crippen LogP) is 1.96. The second-order valence-electron chi connectivity index (χ2n) is 6.62. The fourth-order valence-corrected chi connectivity index (χ4v) is 3.17. The van der Waals surface area contributed by atoms with Crippen molar-refractivity contribution in [2.24, 2.45) is 5.14 Å². The molecule has 0 aliphatic rings. The Morgan fingerprint density at radius 2 is 2.04 bits per heavy atom. The van der Waals surface area contributed by atoms with Crippen LogP contribution in [0, 0.1) is 0 Å². The number of ether oxygens (including phenoxy) is 1. The van der Waals surface area contributed by atoms with E-state index in [1.165, 1.54) is 21.0 Å². The number of methoxy groups -OCH3 is 1. The van der Waals surface area contributed by atoms with Crippen LogP contribution in [-0.4, -0.2) is 31.5 Å². The highest BCUT2D eigenvalue weighted by Gasteiger charge is 2.31. The molecule has 0 saturated heterocycles. The van der Waals surface area contributed by atoms with Gasteiger partial charge in [0.2, 0.25) is 5.09 Å². The molecule has 0 fully saturated rings. The van der Waals surface area contributed by atoms with Gasteiger partial charge in [0.05, 0.1) is 23.9 Å². The number of nitrogens with two attached hydrogens (primary N) is 1. The van der Waals surface area contributed by atoms with Gasteiger partial charge in [-0.1, -0.05) is 6.07 Å². The Morgan fingerprint density at radius 3 is 2.64 bits per heavy atom. The third kappa shape index (κ3) is 3.84. The van der Waals surface area contributed by atoms with Crippen molar-refractivity contribution in [2.45, 2.75) is 24.5 Å². The fourth-order valence-electron chi connectivity index (χ4n) is 2.69. The van der Waals surface area contributed by atoms with E-state index in [9.17, 15) is 18.3 Å².